The Hall–Kier alpha value is -2.02. The summed E-state index contributed by atoms with van der Waals surface area (Å²) in [7, 11) is 0. The molecule has 1 aromatic heterocycles. The minimum absolute atomic E-state index is 0.180. The molecule has 0 saturated heterocycles. The van der Waals surface area contributed by atoms with Gasteiger partial charge in [-0.1, -0.05) is 38.1 Å². The van der Waals surface area contributed by atoms with Crippen LogP contribution in [0.5, 0.6) is 0 Å². The van der Waals surface area contributed by atoms with Gasteiger partial charge in [-0.05, 0) is 44.2 Å². The Morgan fingerprint density at radius 1 is 1.27 bits per heavy atom. The number of alkyl halides is 1. The SMILES string of the molecule is [C-]#[N+][C@H]1[C@@](C)(C=C)[C@H](Cl)C[C@@H]2C(C)(C)c3cccc4c3c(cn4C(C)(C)C=C)[C@]21O. The molecular weight excluding hydrogens is 392 g/mol. The molecule has 0 aliphatic heterocycles. The number of rotatable bonds is 3. The summed E-state index contributed by atoms with van der Waals surface area (Å²) in [6.07, 6.45) is 6.36. The Labute approximate surface area is 184 Å². The molecule has 0 amide bonds. The van der Waals surface area contributed by atoms with E-state index in [4.69, 9.17) is 18.2 Å². The predicted octanol–water partition coefficient (Wildman–Crippen LogP) is 6.15. The van der Waals surface area contributed by atoms with Crippen LogP contribution >= 0.6 is 11.6 Å². The van der Waals surface area contributed by atoms with Crippen molar-refractivity contribution < 1.29 is 5.11 Å². The highest BCUT2D eigenvalue weighted by Crippen LogP contribution is 2.63. The zero-order chi connectivity index (χ0) is 22.3. The number of aliphatic hydroxyl groups is 1. The first-order valence-corrected chi connectivity index (χ1v) is 11.0. The molecule has 1 saturated carbocycles. The lowest BCUT2D eigenvalue weighted by molar-refractivity contribution is -0.115. The molecule has 4 rings (SSSR count). The molecule has 1 heterocycles. The van der Waals surface area contributed by atoms with Crippen LogP contribution in [-0.4, -0.2) is 21.1 Å². The van der Waals surface area contributed by atoms with Gasteiger partial charge in [0.05, 0.1) is 16.3 Å². The Bertz CT molecular complexity index is 1100. The number of aromatic nitrogens is 1. The van der Waals surface area contributed by atoms with Gasteiger partial charge in [0.15, 0.2) is 5.60 Å². The number of fused-ring (bicyclic) bond motifs is 2. The predicted molar refractivity (Wildman–Crippen MR) is 125 cm³/mol. The largest absolute Gasteiger partial charge is 0.377 e. The van der Waals surface area contributed by atoms with E-state index in [2.05, 4.69) is 68.5 Å². The highest BCUT2D eigenvalue weighted by Gasteiger charge is 2.69. The van der Waals surface area contributed by atoms with Crippen molar-refractivity contribution in [3.05, 3.63) is 72.2 Å². The van der Waals surface area contributed by atoms with Gasteiger partial charge in [-0.25, -0.2) is 6.57 Å². The molecule has 1 aromatic carbocycles. The van der Waals surface area contributed by atoms with E-state index in [0.717, 1.165) is 16.5 Å². The fourth-order valence-corrected chi connectivity index (χ4v) is 6.41. The van der Waals surface area contributed by atoms with Gasteiger partial charge in [0.2, 0.25) is 0 Å². The first-order chi connectivity index (χ1) is 13.9. The summed E-state index contributed by atoms with van der Waals surface area (Å²) in [4.78, 5) is 4.01. The van der Waals surface area contributed by atoms with Crippen molar-refractivity contribution in [2.24, 2.45) is 11.3 Å². The zero-order valence-electron chi connectivity index (χ0n) is 18.5. The van der Waals surface area contributed by atoms with Crippen molar-refractivity contribution in [1.82, 2.24) is 4.57 Å². The second kappa shape index (κ2) is 6.25. The van der Waals surface area contributed by atoms with Gasteiger partial charge in [-0.2, -0.15) is 0 Å². The van der Waals surface area contributed by atoms with Crippen molar-refractivity contribution in [1.29, 1.82) is 0 Å². The maximum absolute atomic E-state index is 12.5. The smallest absolute Gasteiger partial charge is 0.266 e. The van der Waals surface area contributed by atoms with E-state index in [1.54, 1.807) is 6.08 Å². The molecule has 158 valence electrons. The normalized spacial score (nSPS) is 34.8. The van der Waals surface area contributed by atoms with Gasteiger partial charge < -0.3 is 14.5 Å². The van der Waals surface area contributed by atoms with E-state index in [1.807, 2.05) is 19.2 Å². The number of hydrogen-bond donors (Lipinski definition) is 1. The molecule has 30 heavy (non-hydrogen) atoms. The van der Waals surface area contributed by atoms with Crippen molar-refractivity contribution in [2.45, 2.75) is 69.0 Å². The minimum atomic E-state index is -1.32. The Morgan fingerprint density at radius 2 is 1.93 bits per heavy atom. The van der Waals surface area contributed by atoms with Crippen LogP contribution in [0.4, 0.5) is 0 Å². The average Bonchev–Trinajstić information content (AvgIpc) is 3.11. The van der Waals surface area contributed by atoms with Crippen LogP contribution in [-0.2, 0) is 16.6 Å². The van der Waals surface area contributed by atoms with Crippen LogP contribution < -0.4 is 0 Å². The fraction of sp³-hybridized carbons (Fsp3) is 0.500. The van der Waals surface area contributed by atoms with Gasteiger partial charge >= 0.3 is 0 Å². The molecule has 1 N–H and O–H groups in total. The van der Waals surface area contributed by atoms with E-state index in [1.165, 1.54) is 5.56 Å². The highest BCUT2D eigenvalue weighted by atomic mass is 35.5. The van der Waals surface area contributed by atoms with Crippen molar-refractivity contribution in [3.63, 3.8) is 0 Å². The van der Waals surface area contributed by atoms with Crippen LogP contribution in [0.3, 0.4) is 0 Å². The summed E-state index contributed by atoms with van der Waals surface area (Å²) >= 11 is 6.89. The van der Waals surface area contributed by atoms with Gasteiger partial charge in [-0.15, -0.1) is 24.8 Å². The Kier molecular flexibility index (Phi) is 4.42. The molecular formula is C26H31ClN2O. The van der Waals surface area contributed by atoms with Gasteiger partial charge in [-0.3, -0.25) is 0 Å². The van der Waals surface area contributed by atoms with Crippen LogP contribution in [0.1, 0.15) is 52.2 Å². The van der Waals surface area contributed by atoms with Gasteiger partial charge in [0.25, 0.3) is 6.04 Å². The van der Waals surface area contributed by atoms with Crippen molar-refractivity contribution in [2.75, 3.05) is 0 Å². The summed E-state index contributed by atoms with van der Waals surface area (Å²) in [6, 6.07) is 5.63. The fourth-order valence-electron chi connectivity index (χ4n) is 6.02. The van der Waals surface area contributed by atoms with Gasteiger partial charge in [0, 0.05) is 28.6 Å². The van der Waals surface area contributed by atoms with Crippen molar-refractivity contribution in [3.8, 4) is 0 Å². The number of allylic oxidation sites excluding steroid dienone is 1. The molecule has 0 unspecified atom stereocenters. The molecule has 2 aliphatic rings. The average molecular weight is 423 g/mol. The molecule has 2 aliphatic carbocycles. The monoisotopic (exact) mass is 422 g/mol. The lowest BCUT2D eigenvalue weighted by Gasteiger charge is -2.56. The van der Waals surface area contributed by atoms with Gasteiger partial charge in [0.1, 0.15) is 0 Å². The third-order valence-corrected chi connectivity index (χ3v) is 8.82. The summed E-state index contributed by atoms with van der Waals surface area (Å²) in [5.41, 5.74) is 0.403. The number of hydrogen-bond acceptors (Lipinski definition) is 1. The topological polar surface area (TPSA) is 29.5 Å². The molecule has 0 radical (unpaired) electrons. The third kappa shape index (κ3) is 2.30. The van der Waals surface area contributed by atoms with E-state index >= 15 is 0 Å². The van der Waals surface area contributed by atoms with Crippen molar-refractivity contribution >= 4 is 22.5 Å². The molecule has 2 aromatic rings. The molecule has 5 atom stereocenters. The first kappa shape index (κ1) is 21.2. The summed E-state index contributed by atoms with van der Waals surface area (Å²) in [6.45, 7) is 26.7. The molecule has 4 heteroatoms. The maximum atomic E-state index is 12.5. The van der Waals surface area contributed by atoms with Crippen LogP contribution in [0, 0.1) is 17.9 Å². The molecule has 3 nitrogen and oxygen atoms in total. The molecule has 1 fully saturated rings. The Balaban J connectivity index is 2.16. The standard InChI is InChI=1S/C26H31ClN2O/c1-9-23(3,4)29-15-17-21-16(12-11-13-18(21)29)24(5,6)19-14-20(27)25(7,10-2)22(28-8)26(17,19)30/h9-13,15,19-20,22,30H,1-2,14H2,3-7H3/t19-,20-,22+,25+,26+/m1/s1. The lowest BCUT2D eigenvalue weighted by atomic mass is 9.49. The Morgan fingerprint density at radius 3 is 2.50 bits per heavy atom. The molecule has 0 spiro atoms. The van der Waals surface area contributed by atoms with E-state index in [0.29, 0.717) is 6.42 Å². The zero-order valence-corrected chi connectivity index (χ0v) is 19.3. The summed E-state index contributed by atoms with van der Waals surface area (Å²) in [5.74, 6) is -0.180. The minimum Gasteiger partial charge on any atom is -0.377 e. The highest BCUT2D eigenvalue weighted by molar-refractivity contribution is 6.21. The lowest BCUT2D eigenvalue weighted by Crippen LogP contribution is -2.64. The van der Waals surface area contributed by atoms with Crippen LogP contribution in [0.2, 0.25) is 0 Å². The summed E-state index contributed by atoms with van der Waals surface area (Å²) in [5, 5.41) is 13.3. The third-order valence-electron chi connectivity index (χ3n) is 8.17. The number of benzene rings is 1. The maximum Gasteiger partial charge on any atom is 0.266 e. The quantitative estimate of drug-likeness (QED) is 0.359. The van der Waals surface area contributed by atoms with Crippen LogP contribution in [0.15, 0.2) is 49.7 Å². The molecule has 0 bridgehead atoms. The van der Waals surface area contributed by atoms with E-state index < -0.39 is 17.1 Å². The first-order valence-electron chi connectivity index (χ1n) is 10.6. The van der Waals surface area contributed by atoms with E-state index in [9.17, 15) is 5.11 Å². The van der Waals surface area contributed by atoms with Crippen LogP contribution in [0.25, 0.3) is 15.7 Å². The second-order valence-electron chi connectivity index (χ2n) is 10.4. The number of halogens is 1. The second-order valence-corrected chi connectivity index (χ2v) is 10.9. The number of nitrogens with zero attached hydrogens (tertiary/aromatic N) is 2. The van der Waals surface area contributed by atoms with E-state index in [-0.39, 0.29) is 22.2 Å². The summed E-state index contributed by atoms with van der Waals surface area (Å²) < 4.78 is 2.18.